The zero-order chi connectivity index (χ0) is 17.2. The second-order valence-electron chi connectivity index (χ2n) is 6.17. The first kappa shape index (κ1) is 17.3. The fraction of sp³-hybridized carbons (Fsp3) is 0.529. The van der Waals surface area contributed by atoms with Crippen LogP contribution in [0, 0.1) is 20.8 Å². The number of hydrogen-bond acceptors (Lipinski definition) is 4. The topological polar surface area (TPSA) is 86.1 Å². The lowest BCUT2D eigenvalue weighted by Gasteiger charge is -2.26. The Balaban J connectivity index is 2.23. The molecule has 0 bridgehead atoms. The van der Waals surface area contributed by atoms with Crippen molar-refractivity contribution < 1.29 is 9.32 Å². The van der Waals surface area contributed by atoms with Gasteiger partial charge in [-0.05, 0) is 39.7 Å². The number of nitrogens with two attached hydrogens (primary N) is 1. The summed E-state index contributed by atoms with van der Waals surface area (Å²) >= 11 is 0. The molecule has 0 radical (unpaired) electrons. The van der Waals surface area contributed by atoms with Gasteiger partial charge in [0.25, 0.3) is 5.91 Å². The van der Waals surface area contributed by atoms with Gasteiger partial charge in [-0.15, -0.1) is 0 Å². The minimum atomic E-state index is -0.357. The standard InChI is InChI=1S/C17H26N4O2/c1-6-17(18,7-2)10-19-16(22)14-8-11(3)21(13(14)5)15-9-12(4)23-20-15/h8-9H,6-7,10,18H2,1-5H3,(H,19,22). The summed E-state index contributed by atoms with van der Waals surface area (Å²) in [5.74, 6) is 1.31. The van der Waals surface area contributed by atoms with E-state index in [4.69, 9.17) is 10.3 Å². The predicted molar refractivity (Wildman–Crippen MR) is 89.9 cm³/mol. The number of aryl methyl sites for hydroxylation is 2. The molecule has 126 valence electrons. The molecule has 6 heteroatoms. The van der Waals surface area contributed by atoms with Crippen molar-refractivity contribution in [2.75, 3.05) is 6.54 Å². The molecule has 2 aromatic rings. The molecule has 0 fully saturated rings. The molecule has 0 saturated carbocycles. The lowest BCUT2D eigenvalue weighted by Crippen LogP contribution is -2.49. The van der Waals surface area contributed by atoms with Crippen LogP contribution in [0.4, 0.5) is 0 Å². The highest BCUT2D eigenvalue weighted by Crippen LogP contribution is 2.21. The van der Waals surface area contributed by atoms with Crippen molar-refractivity contribution in [3.05, 3.63) is 34.8 Å². The Morgan fingerprint density at radius 1 is 1.30 bits per heavy atom. The zero-order valence-corrected chi connectivity index (χ0v) is 14.6. The van der Waals surface area contributed by atoms with Gasteiger partial charge < -0.3 is 15.6 Å². The maximum Gasteiger partial charge on any atom is 0.253 e. The molecule has 0 aliphatic rings. The van der Waals surface area contributed by atoms with Crippen LogP contribution >= 0.6 is 0 Å². The SMILES string of the molecule is CCC(N)(CC)CNC(=O)c1cc(C)n(-c2cc(C)on2)c1C. The monoisotopic (exact) mass is 318 g/mol. The third-order valence-electron chi connectivity index (χ3n) is 4.53. The molecule has 2 heterocycles. The Labute approximate surface area is 137 Å². The molecule has 0 saturated heterocycles. The van der Waals surface area contributed by atoms with Gasteiger partial charge in [0.1, 0.15) is 5.76 Å². The van der Waals surface area contributed by atoms with Gasteiger partial charge in [-0.25, -0.2) is 0 Å². The number of hydrogen-bond donors (Lipinski definition) is 2. The highest BCUT2D eigenvalue weighted by atomic mass is 16.5. The third-order valence-corrected chi connectivity index (χ3v) is 4.53. The zero-order valence-electron chi connectivity index (χ0n) is 14.6. The van der Waals surface area contributed by atoms with E-state index in [9.17, 15) is 4.79 Å². The molecule has 0 aliphatic carbocycles. The van der Waals surface area contributed by atoms with E-state index < -0.39 is 0 Å². The quantitative estimate of drug-likeness (QED) is 0.857. The molecule has 6 nitrogen and oxygen atoms in total. The number of amides is 1. The summed E-state index contributed by atoms with van der Waals surface area (Å²) in [5.41, 5.74) is 8.30. The number of nitrogens with one attached hydrogen (secondary N) is 1. The van der Waals surface area contributed by atoms with Gasteiger partial charge in [0.05, 0.1) is 5.56 Å². The molecule has 0 unspecified atom stereocenters. The molecular formula is C17H26N4O2. The number of rotatable bonds is 6. The largest absolute Gasteiger partial charge is 0.360 e. The van der Waals surface area contributed by atoms with Crippen LogP contribution in [-0.2, 0) is 0 Å². The third kappa shape index (κ3) is 3.47. The van der Waals surface area contributed by atoms with Gasteiger partial charge in [0, 0.05) is 29.5 Å². The maximum absolute atomic E-state index is 12.5. The summed E-state index contributed by atoms with van der Waals surface area (Å²) < 4.78 is 7.05. The van der Waals surface area contributed by atoms with E-state index in [0.717, 1.165) is 30.0 Å². The van der Waals surface area contributed by atoms with Gasteiger partial charge in [-0.2, -0.15) is 0 Å². The van der Waals surface area contributed by atoms with E-state index in [0.29, 0.717) is 17.9 Å². The van der Waals surface area contributed by atoms with Crippen molar-refractivity contribution in [2.45, 2.75) is 53.0 Å². The van der Waals surface area contributed by atoms with Gasteiger partial charge in [0.15, 0.2) is 5.82 Å². The Kier molecular flexibility index (Phi) is 4.94. The lowest BCUT2D eigenvalue weighted by molar-refractivity contribution is 0.0941. The van der Waals surface area contributed by atoms with Crippen molar-refractivity contribution in [1.82, 2.24) is 15.0 Å². The van der Waals surface area contributed by atoms with Gasteiger partial charge in [-0.3, -0.25) is 9.36 Å². The summed E-state index contributed by atoms with van der Waals surface area (Å²) in [5, 5.41) is 6.99. The minimum absolute atomic E-state index is 0.110. The maximum atomic E-state index is 12.5. The van der Waals surface area contributed by atoms with Crippen molar-refractivity contribution in [1.29, 1.82) is 0 Å². The van der Waals surface area contributed by atoms with E-state index in [1.807, 2.05) is 51.3 Å². The van der Waals surface area contributed by atoms with Crippen LogP contribution in [0.15, 0.2) is 16.7 Å². The molecule has 0 atom stereocenters. The lowest BCUT2D eigenvalue weighted by atomic mass is 9.94. The highest BCUT2D eigenvalue weighted by molar-refractivity contribution is 5.95. The second kappa shape index (κ2) is 6.58. The van der Waals surface area contributed by atoms with E-state index in [1.54, 1.807) is 0 Å². The second-order valence-corrected chi connectivity index (χ2v) is 6.17. The summed E-state index contributed by atoms with van der Waals surface area (Å²) in [6.07, 6.45) is 1.64. The smallest absolute Gasteiger partial charge is 0.253 e. The van der Waals surface area contributed by atoms with Crippen LogP contribution in [0.5, 0.6) is 0 Å². The Morgan fingerprint density at radius 3 is 2.48 bits per heavy atom. The number of carbonyl (C=O) groups excluding carboxylic acids is 1. The number of carbonyl (C=O) groups is 1. The van der Waals surface area contributed by atoms with Crippen LogP contribution in [0.25, 0.3) is 5.82 Å². The first-order chi connectivity index (χ1) is 10.8. The number of aromatic nitrogens is 2. The molecule has 0 aromatic carbocycles. The van der Waals surface area contributed by atoms with Crippen LogP contribution in [0.1, 0.15) is 54.2 Å². The highest BCUT2D eigenvalue weighted by Gasteiger charge is 2.23. The average Bonchev–Trinajstić information content (AvgIpc) is 3.07. The van der Waals surface area contributed by atoms with E-state index in [-0.39, 0.29) is 11.4 Å². The summed E-state index contributed by atoms with van der Waals surface area (Å²) in [6, 6.07) is 3.71. The molecule has 1 amide bonds. The average molecular weight is 318 g/mol. The van der Waals surface area contributed by atoms with Crippen LogP contribution in [0.3, 0.4) is 0 Å². The van der Waals surface area contributed by atoms with Gasteiger partial charge >= 0.3 is 0 Å². The molecular weight excluding hydrogens is 292 g/mol. The van der Waals surface area contributed by atoms with Crippen LogP contribution < -0.4 is 11.1 Å². The fourth-order valence-electron chi connectivity index (χ4n) is 2.66. The molecule has 23 heavy (non-hydrogen) atoms. The van der Waals surface area contributed by atoms with Gasteiger partial charge in [0.2, 0.25) is 0 Å². The molecule has 3 N–H and O–H groups in total. The summed E-state index contributed by atoms with van der Waals surface area (Å²) in [7, 11) is 0. The van der Waals surface area contributed by atoms with Crippen molar-refractivity contribution in [3.63, 3.8) is 0 Å². The molecule has 0 spiro atoms. The first-order valence-electron chi connectivity index (χ1n) is 8.01. The Bertz CT molecular complexity index is 696. The molecule has 2 rings (SSSR count). The van der Waals surface area contributed by atoms with Gasteiger partial charge in [-0.1, -0.05) is 19.0 Å². The van der Waals surface area contributed by atoms with E-state index in [1.165, 1.54) is 0 Å². The molecule has 0 aliphatic heterocycles. The van der Waals surface area contributed by atoms with E-state index >= 15 is 0 Å². The van der Waals surface area contributed by atoms with Crippen molar-refractivity contribution in [2.24, 2.45) is 5.73 Å². The predicted octanol–water partition coefficient (Wildman–Crippen LogP) is 2.64. The first-order valence-corrected chi connectivity index (χ1v) is 8.01. The Morgan fingerprint density at radius 2 is 1.96 bits per heavy atom. The minimum Gasteiger partial charge on any atom is -0.360 e. The Hall–Kier alpha value is -2.08. The normalized spacial score (nSPS) is 11.7. The summed E-state index contributed by atoms with van der Waals surface area (Å²) in [4.78, 5) is 12.5. The molecule has 2 aromatic heterocycles. The van der Waals surface area contributed by atoms with Crippen molar-refractivity contribution in [3.8, 4) is 5.82 Å². The fourth-order valence-corrected chi connectivity index (χ4v) is 2.66. The van der Waals surface area contributed by atoms with Crippen LogP contribution in [-0.4, -0.2) is 27.7 Å². The van der Waals surface area contributed by atoms with E-state index in [2.05, 4.69) is 10.5 Å². The van der Waals surface area contributed by atoms with Crippen LogP contribution in [0.2, 0.25) is 0 Å². The van der Waals surface area contributed by atoms with Crippen molar-refractivity contribution >= 4 is 5.91 Å². The number of nitrogens with zero attached hydrogens (tertiary/aromatic N) is 2. The summed E-state index contributed by atoms with van der Waals surface area (Å²) in [6.45, 7) is 10.2.